The molecule has 1 saturated carbocycles. The first-order valence-electron chi connectivity index (χ1n) is 7.33. The second kappa shape index (κ2) is 7.38. The molecule has 2 rings (SSSR count). The van der Waals surface area contributed by atoms with Gasteiger partial charge in [0.25, 0.3) is 0 Å². The summed E-state index contributed by atoms with van der Waals surface area (Å²) in [6, 6.07) is 3.16. The summed E-state index contributed by atoms with van der Waals surface area (Å²) in [7, 11) is -3.64. The molecule has 1 fully saturated rings. The smallest absolute Gasteiger partial charge is 0.247 e. The standard InChI is InChI=1S/C14H22N2O3S2/c15-21(18,19)14-9-7-12(20-14)10-16-13(17)8-6-11-4-2-1-3-5-11/h7,9,11H,1-6,8,10H2,(H,16,17)(H2,15,18,19). The average molecular weight is 330 g/mol. The molecule has 1 aliphatic rings. The van der Waals surface area contributed by atoms with Crippen molar-refractivity contribution in [3.8, 4) is 0 Å². The number of carbonyl (C=O) groups excluding carboxylic acids is 1. The summed E-state index contributed by atoms with van der Waals surface area (Å²) in [6.45, 7) is 0.365. The lowest BCUT2D eigenvalue weighted by Gasteiger charge is -2.20. The highest BCUT2D eigenvalue weighted by Gasteiger charge is 2.15. The lowest BCUT2D eigenvalue weighted by atomic mass is 9.86. The normalized spacial score (nSPS) is 16.8. The number of primary sulfonamides is 1. The van der Waals surface area contributed by atoms with Crippen molar-refractivity contribution in [2.75, 3.05) is 0 Å². The van der Waals surface area contributed by atoms with E-state index in [-0.39, 0.29) is 10.1 Å². The van der Waals surface area contributed by atoms with Crippen LogP contribution in [0.3, 0.4) is 0 Å². The topological polar surface area (TPSA) is 89.3 Å². The summed E-state index contributed by atoms with van der Waals surface area (Å²) >= 11 is 1.10. The van der Waals surface area contributed by atoms with Crippen molar-refractivity contribution in [3.05, 3.63) is 17.0 Å². The molecule has 1 amide bonds. The van der Waals surface area contributed by atoms with Crippen molar-refractivity contribution in [3.63, 3.8) is 0 Å². The second-order valence-electron chi connectivity index (χ2n) is 5.59. The first kappa shape index (κ1) is 16.5. The van der Waals surface area contributed by atoms with Gasteiger partial charge >= 0.3 is 0 Å². The van der Waals surface area contributed by atoms with Crippen LogP contribution >= 0.6 is 11.3 Å². The van der Waals surface area contributed by atoms with Gasteiger partial charge in [-0.3, -0.25) is 4.79 Å². The van der Waals surface area contributed by atoms with Crippen molar-refractivity contribution in [1.29, 1.82) is 0 Å². The molecular weight excluding hydrogens is 308 g/mol. The fraction of sp³-hybridized carbons (Fsp3) is 0.643. The Bertz CT molecular complexity index is 575. The van der Waals surface area contributed by atoms with Gasteiger partial charge in [0.15, 0.2) is 0 Å². The van der Waals surface area contributed by atoms with Crippen LogP contribution in [0.25, 0.3) is 0 Å². The molecule has 1 aromatic rings. The molecule has 0 atom stereocenters. The molecule has 0 radical (unpaired) electrons. The molecule has 1 heterocycles. The van der Waals surface area contributed by atoms with Crippen LogP contribution in [-0.4, -0.2) is 14.3 Å². The van der Waals surface area contributed by atoms with Crippen LogP contribution in [0.15, 0.2) is 16.3 Å². The predicted octanol–water partition coefficient (Wildman–Crippen LogP) is 2.37. The molecule has 5 nitrogen and oxygen atoms in total. The van der Waals surface area contributed by atoms with E-state index in [4.69, 9.17) is 5.14 Å². The number of nitrogens with two attached hydrogens (primary N) is 1. The average Bonchev–Trinajstić information content (AvgIpc) is 2.93. The molecule has 3 N–H and O–H groups in total. The minimum atomic E-state index is -3.64. The van der Waals surface area contributed by atoms with Gasteiger partial charge in [-0.05, 0) is 24.5 Å². The number of hydrogen-bond donors (Lipinski definition) is 2. The Morgan fingerprint density at radius 1 is 1.29 bits per heavy atom. The molecule has 0 saturated heterocycles. The van der Waals surface area contributed by atoms with Crippen LogP contribution in [0, 0.1) is 5.92 Å². The predicted molar refractivity (Wildman–Crippen MR) is 83.3 cm³/mol. The SMILES string of the molecule is NS(=O)(=O)c1ccc(CNC(=O)CCC2CCCCC2)s1. The van der Waals surface area contributed by atoms with Gasteiger partial charge in [-0.1, -0.05) is 32.1 Å². The van der Waals surface area contributed by atoms with Crippen molar-refractivity contribution in [2.45, 2.75) is 55.7 Å². The first-order chi connectivity index (χ1) is 9.95. The molecular formula is C14H22N2O3S2. The van der Waals surface area contributed by atoms with Gasteiger partial charge < -0.3 is 5.32 Å². The molecule has 0 aliphatic heterocycles. The zero-order chi connectivity index (χ0) is 15.3. The van der Waals surface area contributed by atoms with Gasteiger partial charge in [0.1, 0.15) is 4.21 Å². The lowest BCUT2D eigenvalue weighted by molar-refractivity contribution is -0.121. The molecule has 0 unspecified atom stereocenters. The molecule has 7 heteroatoms. The number of thiophene rings is 1. The Morgan fingerprint density at radius 3 is 2.62 bits per heavy atom. The molecule has 0 spiro atoms. The maximum Gasteiger partial charge on any atom is 0.247 e. The van der Waals surface area contributed by atoms with Gasteiger partial charge in [0, 0.05) is 11.3 Å². The summed E-state index contributed by atoms with van der Waals surface area (Å²) < 4.78 is 22.5. The fourth-order valence-corrected chi connectivity index (χ4v) is 4.41. The van der Waals surface area contributed by atoms with E-state index in [9.17, 15) is 13.2 Å². The van der Waals surface area contributed by atoms with E-state index in [1.54, 1.807) is 6.07 Å². The van der Waals surface area contributed by atoms with E-state index in [1.807, 2.05) is 0 Å². The lowest BCUT2D eigenvalue weighted by Crippen LogP contribution is -2.23. The third-order valence-electron chi connectivity index (χ3n) is 3.88. The molecule has 1 aromatic heterocycles. The van der Waals surface area contributed by atoms with Crippen LogP contribution in [0.4, 0.5) is 0 Å². The summed E-state index contributed by atoms with van der Waals surface area (Å²) in [5.41, 5.74) is 0. The van der Waals surface area contributed by atoms with Crippen LogP contribution < -0.4 is 10.5 Å². The van der Waals surface area contributed by atoms with E-state index in [0.717, 1.165) is 22.6 Å². The van der Waals surface area contributed by atoms with E-state index in [2.05, 4.69) is 5.32 Å². The second-order valence-corrected chi connectivity index (χ2v) is 8.54. The van der Waals surface area contributed by atoms with Gasteiger partial charge in [-0.25, -0.2) is 13.6 Å². The number of carbonyl (C=O) groups is 1. The molecule has 118 valence electrons. The third kappa shape index (κ3) is 5.41. The third-order valence-corrected chi connectivity index (χ3v) is 6.41. The zero-order valence-electron chi connectivity index (χ0n) is 12.0. The fourth-order valence-electron chi connectivity index (χ4n) is 2.69. The molecule has 0 bridgehead atoms. The first-order valence-corrected chi connectivity index (χ1v) is 9.69. The highest BCUT2D eigenvalue weighted by molar-refractivity contribution is 7.91. The van der Waals surface area contributed by atoms with Gasteiger partial charge in [-0.2, -0.15) is 0 Å². The van der Waals surface area contributed by atoms with E-state index < -0.39 is 10.0 Å². The van der Waals surface area contributed by atoms with Crippen LogP contribution in [0.5, 0.6) is 0 Å². The number of hydrogen-bond acceptors (Lipinski definition) is 4. The Kier molecular flexibility index (Phi) is 5.78. The molecule has 1 aliphatic carbocycles. The maximum absolute atomic E-state index is 11.8. The quantitative estimate of drug-likeness (QED) is 0.839. The molecule has 0 aromatic carbocycles. The summed E-state index contributed by atoms with van der Waals surface area (Å²) in [6.07, 6.45) is 7.91. The Labute approximate surface area is 130 Å². The number of rotatable bonds is 6. The van der Waals surface area contributed by atoms with Crippen molar-refractivity contribution >= 4 is 27.3 Å². The van der Waals surface area contributed by atoms with Crippen molar-refractivity contribution in [1.82, 2.24) is 5.32 Å². The summed E-state index contributed by atoms with van der Waals surface area (Å²) in [5, 5.41) is 7.89. The zero-order valence-corrected chi connectivity index (χ0v) is 13.6. The van der Waals surface area contributed by atoms with E-state index in [0.29, 0.717) is 18.9 Å². The minimum absolute atomic E-state index is 0.0335. The molecule has 21 heavy (non-hydrogen) atoms. The van der Waals surface area contributed by atoms with E-state index in [1.165, 1.54) is 38.2 Å². The maximum atomic E-state index is 11.8. The van der Waals surface area contributed by atoms with Gasteiger partial charge in [0.05, 0.1) is 6.54 Å². The largest absolute Gasteiger partial charge is 0.351 e. The van der Waals surface area contributed by atoms with Crippen LogP contribution in [0.2, 0.25) is 0 Å². The van der Waals surface area contributed by atoms with Gasteiger partial charge in [-0.15, -0.1) is 11.3 Å². The van der Waals surface area contributed by atoms with Gasteiger partial charge in [0.2, 0.25) is 15.9 Å². The van der Waals surface area contributed by atoms with Crippen molar-refractivity contribution in [2.24, 2.45) is 11.1 Å². The van der Waals surface area contributed by atoms with Crippen LogP contribution in [-0.2, 0) is 21.4 Å². The summed E-state index contributed by atoms with van der Waals surface area (Å²) in [5.74, 6) is 0.728. The Balaban J connectivity index is 1.72. The summed E-state index contributed by atoms with van der Waals surface area (Å²) in [4.78, 5) is 12.6. The minimum Gasteiger partial charge on any atom is -0.351 e. The number of sulfonamides is 1. The van der Waals surface area contributed by atoms with Crippen LogP contribution in [0.1, 0.15) is 49.8 Å². The highest BCUT2D eigenvalue weighted by Crippen LogP contribution is 2.27. The highest BCUT2D eigenvalue weighted by atomic mass is 32.2. The monoisotopic (exact) mass is 330 g/mol. The Hall–Kier alpha value is -0.920. The Morgan fingerprint density at radius 2 is 2.00 bits per heavy atom. The van der Waals surface area contributed by atoms with E-state index >= 15 is 0 Å². The number of nitrogens with one attached hydrogen (secondary N) is 1. The van der Waals surface area contributed by atoms with Crippen molar-refractivity contribution < 1.29 is 13.2 Å². The number of amides is 1.